The number of alkyl halides is 1. The van der Waals surface area contributed by atoms with Crippen LogP contribution in [-0.2, 0) is 0 Å². The summed E-state index contributed by atoms with van der Waals surface area (Å²) in [5, 5.41) is 6.98. The highest BCUT2D eigenvalue weighted by molar-refractivity contribution is 14.1. The number of rotatable bonds is 3. The lowest BCUT2D eigenvalue weighted by Gasteiger charge is -2.20. The van der Waals surface area contributed by atoms with Crippen molar-refractivity contribution in [1.82, 2.24) is 10.2 Å². The van der Waals surface area contributed by atoms with Gasteiger partial charge in [0.05, 0.1) is 0 Å². The molecule has 0 aliphatic heterocycles. The second-order valence-electron chi connectivity index (χ2n) is 3.34. The molecule has 2 nitrogen and oxygen atoms in total. The van der Waals surface area contributed by atoms with Gasteiger partial charge < -0.3 is 0 Å². The third-order valence-electron chi connectivity index (χ3n) is 2.53. The Balaban J connectivity index is 2.65. The summed E-state index contributed by atoms with van der Waals surface area (Å²) in [4.78, 5) is 0. The quantitative estimate of drug-likeness (QED) is 0.668. The molecule has 3 heteroatoms. The first-order valence-corrected chi connectivity index (χ1v) is 5.51. The largest absolute Gasteiger partial charge is 0.282 e. The van der Waals surface area contributed by atoms with Crippen LogP contribution in [0, 0.1) is 5.92 Å². The minimum Gasteiger partial charge on any atom is -0.282 e. The average molecular weight is 278 g/mol. The van der Waals surface area contributed by atoms with Crippen molar-refractivity contribution in [3.8, 4) is 0 Å². The van der Waals surface area contributed by atoms with Crippen LogP contribution in [0.5, 0.6) is 0 Å². The van der Waals surface area contributed by atoms with Gasteiger partial charge in [0, 0.05) is 21.7 Å². The molecule has 12 heavy (non-hydrogen) atoms. The van der Waals surface area contributed by atoms with Crippen LogP contribution in [0.4, 0.5) is 0 Å². The molecular formula is C9H15IN2. The Morgan fingerprint density at radius 3 is 2.50 bits per heavy atom. The van der Waals surface area contributed by atoms with Crippen LogP contribution < -0.4 is 0 Å². The predicted octanol–water partition coefficient (Wildman–Crippen LogP) is 2.97. The maximum atomic E-state index is 3.96. The third-order valence-corrected chi connectivity index (χ3v) is 3.66. The Morgan fingerprint density at radius 1 is 1.42 bits per heavy atom. The molecule has 68 valence electrons. The van der Waals surface area contributed by atoms with E-state index in [4.69, 9.17) is 0 Å². The van der Waals surface area contributed by atoms with Gasteiger partial charge in [-0.3, -0.25) is 5.10 Å². The maximum Gasteiger partial charge on any atom is 0.0490 e. The molecule has 1 heterocycles. The number of nitrogens with zero attached hydrogens (tertiary/aromatic N) is 1. The van der Waals surface area contributed by atoms with Gasteiger partial charge in [-0.2, -0.15) is 5.10 Å². The van der Waals surface area contributed by atoms with Crippen LogP contribution in [0.25, 0.3) is 0 Å². The van der Waals surface area contributed by atoms with Crippen LogP contribution in [-0.4, -0.2) is 14.1 Å². The highest BCUT2D eigenvalue weighted by Gasteiger charge is 2.18. The minimum absolute atomic E-state index is 0.569. The van der Waals surface area contributed by atoms with Crippen LogP contribution in [0.2, 0.25) is 0 Å². The maximum absolute atomic E-state index is 3.96. The molecule has 0 saturated carbocycles. The zero-order valence-electron chi connectivity index (χ0n) is 7.71. The molecule has 0 saturated heterocycles. The Labute approximate surface area is 87.3 Å². The van der Waals surface area contributed by atoms with Gasteiger partial charge in [0.2, 0.25) is 0 Å². The molecule has 0 bridgehead atoms. The van der Waals surface area contributed by atoms with Crippen LogP contribution in [0.3, 0.4) is 0 Å². The lowest BCUT2D eigenvalue weighted by molar-refractivity contribution is 0.485. The lowest BCUT2D eigenvalue weighted by Crippen LogP contribution is -2.14. The van der Waals surface area contributed by atoms with Gasteiger partial charge in [0.15, 0.2) is 0 Å². The zero-order valence-corrected chi connectivity index (χ0v) is 9.87. The Bertz CT molecular complexity index is 218. The van der Waals surface area contributed by atoms with Gasteiger partial charge in [-0.15, -0.1) is 0 Å². The summed E-state index contributed by atoms with van der Waals surface area (Å²) in [5.41, 5.74) is 1.24. The molecule has 1 aromatic rings. The topological polar surface area (TPSA) is 28.7 Å². The molecule has 0 spiro atoms. The summed E-state index contributed by atoms with van der Waals surface area (Å²) in [7, 11) is 0. The SMILES string of the molecule is CC(I)C(C)C(C)c1ccn[nH]1. The van der Waals surface area contributed by atoms with E-state index in [1.54, 1.807) is 0 Å². The van der Waals surface area contributed by atoms with Gasteiger partial charge >= 0.3 is 0 Å². The molecule has 1 rings (SSSR count). The molecule has 0 aliphatic rings. The van der Waals surface area contributed by atoms with Crippen LogP contribution >= 0.6 is 22.6 Å². The Hall–Kier alpha value is -0.0600. The molecule has 1 N–H and O–H groups in total. The van der Waals surface area contributed by atoms with E-state index >= 15 is 0 Å². The number of aromatic amines is 1. The van der Waals surface area contributed by atoms with Crippen molar-refractivity contribution in [3.63, 3.8) is 0 Å². The van der Waals surface area contributed by atoms with Gasteiger partial charge in [-0.25, -0.2) is 0 Å². The first kappa shape index (κ1) is 10.0. The Morgan fingerprint density at radius 2 is 2.08 bits per heavy atom. The number of nitrogens with one attached hydrogen (secondary N) is 1. The highest BCUT2D eigenvalue weighted by Crippen LogP contribution is 2.28. The summed E-state index contributed by atoms with van der Waals surface area (Å²) in [6.45, 7) is 6.77. The second kappa shape index (κ2) is 4.25. The number of halogens is 1. The van der Waals surface area contributed by atoms with Crippen molar-refractivity contribution in [3.05, 3.63) is 18.0 Å². The first-order valence-electron chi connectivity index (χ1n) is 4.26. The summed E-state index contributed by atoms with van der Waals surface area (Å²) in [6, 6.07) is 2.06. The number of aromatic nitrogens is 2. The first-order chi connectivity index (χ1) is 5.63. The number of hydrogen-bond acceptors (Lipinski definition) is 1. The average Bonchev–Trinajstić information content (AvgIpc) is 2.53. The second-order valence-corrected chi connectivity index (χ2v) is 5.30. The van der Waals surface area contributed by atoms with Gasteiger partial charge in [0.25, 0.3) is 0 Å². The fraction of sp³-hybridized carbons (Fsp3) is 0.667. The van der Waals surface area contributed by atoms with Crippen molar-refractivity contribution in [1.29, 1.82) is 0 Å². The molecule has 3 atom stereocenters. The predicted molar refractivity (Wildman–Crippen MR) is 59.6 cm³/mol. The van der Waals surface area contributed by atoms with E-state index in [-0.39, 0.29) is 0 Å². The van der Waals surface area contributed by atoms with E-state index < -0.39 is 0 Å². The highest BCUT2D eigenvalue weighted by atomic mass is 127. The normalized spacial score (nSPS) is 18.7. The molecule has 0 fully saturated rings. The van der Waals surface area contributed by atoms with E-state index in [2.05, 4.69) is 59.6 Å². The lowest BCUT2D eigenvalue weighted by atomic mass is 9.91. The van der Waals surface area contributed by atoms with E-state index in [1.807, 2.05) is 6.20 Å². The van der Waals surface area contributed by atoms with Gasteiger partial charge in [0.1, 0.15) is 0 Å². The number of hydrogen-bond donors (Lipinski definition) is 1. The van der Waals surface area contributed by atoms with E-state index in [0.29, 0.717) is 15.8 Å². The fourth-order valence-corrected chi connectivity index (χ4v) is 1.82. The fourth-order valence-electron chi connectivity index (χ4n) is 1.20. The van der Waals surface area contributed by atoms with Crippen LogP contribution in [0.1, 0.15) is 32.4 Å². The number of H-pyrrole nitrogens is 1. The van der Waals surface area contributed by atoms with Crippen molar-refractivity contribution in [2.75, 3.05) is 0 Å². The van der Waals surface area contributed by atoms with Crippen molar-refractivity contribution in [2.24, 2.45) is 5.92 Å². The molecule has 0 aromatic carbocycles. The van der Waals surface area contributed by atoms with E-state index in [9.17, 15) is 0 Å². The molecule has 3 unspecified atom stereocenters. The van der Waals surface area contributed by atoms with Crippen molar-refractivity contribution < 1.29 is 0 Å². The third kappa shape index (κ3) is 2.21. The minimum atomic E-state index is 0.569. The zero-order chi connectivity index (χ0) is 9.14. The summed E-state index contributed by atoms with van der Waals surface area (Å²) < 4.78 is 0.695. The smallest absolute Gasteiger partial charge is 0.0490 e. The van der Waals surface area contributed by atoms with Gasteiger partial charge in [-0.05, 0) is 12.0 Å². The molecule has 0 radical (unpaired) electrons. The van der Waals surface area contributed by atoms with Gasteiger partial charge in [-0.1, -0.05) is 43.4 Å². The van der Waals surface area contributed by atoms with Crippen molar-refractivity contribution >= 4 is 22.6 Å². The van der Waals surface area contributed by atoms with Crippen LogP contribution in [0.15, 0.2) is 12.3 Å². The molecule has 1 aromatic heterocycles. The summed E-state index contributed by atoms with van der Waals surface area (Å²) in [5.74, 6) is 1.26. The molecule has 0 aliphatic carbocycles. The monoisotopic (exact) mass is 278 g/mol. The standard InChI is InChI=1S/C9H15IN2/c1-6(8(3)10)7(2)9-4-5-11-12-9/h4-8H,1-3H3,(H,11,12). The summed E-state index contributed by atoms with van der Waals surface area (Å²) in [6.07, 6.45) is 1.82. The van der Waals surface area contributed by atoms with E-state index in [0.717, 1.165) is 0 Å². The Kier molecular flexibility index (Phi) is 3.55. The molecular weight excluding hydrogens is 263 g/mol. The van der Waals surface area contributed by atoms with Crippen molar-refractivity contribution in [2.45, 2.75) is 30.6 Å². The van der Waals surface area contributed by atoms with E-state index in [1.165, 1.54) is 5.69 Å². The molecule has 0 amide bonds. The summed E-state index contributed by atoms with van der Waals surface area (Å²) >= 11 is 2.47.